The van der Waals surface area contributed by atoms with Crippen molar-refractivity contribution in [3.8, 4) is 6.07 Å². The SMILES string of the molecule is N#Cc1nc(C(F)F)cc(N)c1CN. The molecule has 0 aliphatic rings. The van der Waals surface area contributed by atoms with E-state index >= 15 is 0 Å². The monoisotopic (exact) mass is 198 g/mol. The molecule has 0 radical (unpaired) electrons. The molecule has 0 bridgehead atoms. The molecule has 4 N–H and O–H groups in total. The average Bonchev–Trinajstić information content (AvgIpc) is 2.16. The van der Waals surface area contributed by atoms with Crippen molar-refractivity contribution in [2.45, 2.75) is 13.0 Å². The Bertz CT molecular complexity index is 384. The largest absolute Gasteiger partial charge is 0.398 e. The molecule has 0 atom stereocenters. The topological polar surface area (TPSA) is 88.7 Å². The Balaban J connectivity index is 3.33. The highest BCUT2D eigenvalue weighted by atomic mass is 19.3. The number of nitrogens with zero attached hydrogens (tertiary/aromatic N) is 2. The van der Waals surface area contributed by atoms with E-state index in [-0.39, 0.29) is 17.9 Å². The number of rotatable bonds is 2. The molecular formula is C8H8F2N4. The van der Waals surface area contributed by atoms with Crippen LogP contribution in [0.1, 0.15) is 23.4 Å². The van der Waals surface area contributed by atoms with E-state index in [1.165, 1.54) is 0 Å². The number of aromatic nitrogens is 1. The third-order valence-electron chi connectivity index (χ3n) is 1.71. The molecule has 1 aromatic heterocycles. The summed E-state index contributed by atoms with van der Waals surface area (Å²) in [5.41, 5.74) is 10.5. The maximum absolute atomic E-state index is 12.2. The highest BCUT2D eigenvalue weighted by molar-refractivity contribution is 5.53. The second kappa shape index (κ2) is 3.98. The fraction of sp³-hybridized carbons (Fsp3) is 0.250. The zero-order valence-corrected chi connectivity index (χ0v) is 7.17. The summed E-state index contributed by atoms with van der Waals surface area (Å²) in [5.74, 6) is 0. The van der Waals surface area contributed by atoms with Gasteiger partial charge in [0, 0.05) is 17.8 Å². The van der Waals surface area contributed by atoms with E-state index in [0.717, 1.165) is 6.07 Å². The molecule has 0 aliphatic carbocycles. The van der Waals surface area contributed by atoms with Crippen molar-refractivity contribution in [1.29, 1.82) is 5.26 Å². The Morgan fingerprint density at radius 2 is 2.21 bits per heavy atom. The standard InChI is InChI=1S/C8H8F2N4/c9-8(10)6-1-5(13)4(2-11)7(3-12)14-6/h1,8H,2,11H2,(H2,13,14). The van der Waals surface area contributed by atoms with Crippen LogP contribution in [0, 0.1) is 11.3 Å². The van der Waals surface area contributed by atoms with Gasteiger partial charge >= 0.3 is 0 Å². The third kappa shape index (κ3) is 1.78. The lowest BCUT2D eigenvalue weighted by molar-refractivity contribution is 0.146. The molecule has 14 heavy (non-hydrogen) atoms. The second-order valence-electron chi connectivity index (χ2n) is 2.58. The highest BCUT2D eigenvalue weighted by Crippen LogP contribution is 2.22. The van der Waals surface area contributed by atoms with E-state index in [0.29, 0.717) is 5.56 Å². The van der Waals surface area contributed by atoms with Crippen LogP contribution in [0.4, 0.5) is 14.5 Å². The summed E-state index contributed by atoms with van der Waals surface area (Å²) in [5, 5.41) is 8.61. The van der Waals surface area contributed by atoms with Gasteiger partial charge in [-0.2, -0.15) is 5.26 Å². The number of nitriles is 1. The van der Waals surface area contributed by atoms with Crippen LogP contribution >= 0.6 is 0 Å². The quantitative estimate of drug-likeness (QED) is 0.739. The average molecular weight is 198 g/mol. The van der Waals surface area contributed by atoms with Crippen LogP contribution in [0.5, 0.6) is 0 Å². The molecule has 0 aliphatic heterocycles. The molecular weight excluding hydrogens is 190 g/mol. The summed E-state index contributed by atoms with van der Waals surface area (Å²) >= 11 is 0. The summed E-state index contributed by atoms with van der Waals surface area (Å²) in [4.78, 5) is 3.45. The van der Waals surface area contributed by atoms with Crippen molar-refractivity contribution in [3.63, 3.8) is 0 Å². The lowest BCUT2D eigenvalue weighted by atomic mass is 10.1. The first kappa shape index (κ1) is 10.3. The fourth-order valence-electron chi connectivity index (χ4n) is 1.03. The minimum absolute atomic E-state index is 0.00520. The van der Waals surface area contributed by atoms with Crippen LogP contribution in [0.3, 0.4) is 0 Å². The lowest BCUT2D eigenvalue weighted by Crippen LogP contribution is -2.08. The summed E-state index contributed by atoms with van der Waals surface area (Å²) < 4.78 is 24.5. The van der Waals surface area contributed by atoms with Gasteiger partial charge in [-0.15, -0.1) is 0 Å². The van der Waals surface area contributed by atoms with Crippen LogP contribution in [0.2, 0.25) is 0 Å². The van der Waals surface area contributed by atoms with Crippen LogP contribution < -0.4 is 11.5 Å². The van der Waals surface area contributed by atoms with Gasteiger partial charge in [0.2, 0.25) is 0 Å². The van der Waals surface area contributed by atoms with E-state index in [1.54, 1.807) is 6.07 Å². The van der Waals surface area contributed by atoms with Gasteiger partial charge in [-0.1, -0.05) is 0 Å². The van der Waals surface area contributed by atoms with Crippen LogP contribution in [-0.4, -0.2) is 4.98 Å². The van der Waals surface area contributed by atoms with Crippen molar-refractivity contribution in [3.05, 3.63) is 23.0 Å². The van der Waals surface area contributed by atoms with E-state index in [4.69, 9.17) is 16.7 Å². The van der Waals surface area contributed by atoms with Gasteiger partial charge in [-0.05, 0) is 6.07 Å². The summed E-state index contributed by atoms with van der Waals surface area (Å²) in [6.45, 7) is 0.00520. The normalized spacial score (nSPS) is 10.2. The molecule has 1 aromatic rings. The van der Waals surface area contributed by atoms with Crippen LogP contribution in [0.25, 0.3) is 0 Å². The van der Waals surface area contributed by atoms with Crippen molar-refractivity contribution in [2.24, 2.45) is 5.73 Å². The van der Waals surface area contributed by atoms with Crippen LogP contribution in [-0.2, 0) is 6.54 Å². The maximum atomic E-state index is 12.2. The lowest BCUT2D eigenvalue weighted by Gasteiger charge is -2.07. The zero-order valence-electron chi connectivity index (χ0n) is 7.17. The summed E-state index contributed by atoms with van der Waals surface area (Å²) in [6, 6.07) is 2.71. The minimum Gasteiger partial charge on any atom is -0.398 e. The van der Waals surface area contributed by atoms with E-state index < -0.39 is 12.1 Å². The Morgan fingerprint density at radius 3 is 2.64 bits per heavy atom. The number of anilines is 1. The van der Waals surface area contributed by atoms with Gasteiger partial charge in [0.15, 0.2) is 0 Å². The molecule has 6 heteroatoms. The number of alkyl halides is 2. The van der Waals surface area contributed by atoms with Crippen molar-refractivity contribution >= 4 is 5.69 Å². The van der Waals surface area contributed by atoms with Gasteiger partial charge in [0.25, 0.3) is 6.43 Å². The van der Waals surface area contributed by atoms with Crippen molar-refractivity contribution < 1.29 is 8.78 Å². The fourth-order valence-corrected chi connectivity index (χ4v) is 1.03. The molecule has 0 saturated heterocycles. The van der Waals surface area contributed by atoms with Gasteiger partial charge < -0.3 is 11.5 Å². The predicted octanol–water partition coefficient (Wildman–Crippen LogP) is 0.932. The molecule has 0 aromatic carbocycles. The molecule has 0 saturated carbocycles. The van der Waals surface area contributed by atoms with E-state index in [2.05, 4.69) is 4.98 Å². The van der Waals surface area contributed by atoms with Gasteiger partial charge in [-0.3, -0.25) is 0 Å². The Kier molecular flexibility index (Phi) is 2.94. The van der Waals surface area contributed by atoms with Crippen molar-refractivity contribution in [2.75, 3.05) is 5.73 Å². The Morgan fingerprint density at radius 1 is 1.57 bits per heavy atom. The molecule has 0 fully saturated rings. The smallest absolute Gasteiger partial charge is 0.280 e. The summed E-state index contributed by atoms with van der Waals surface area (Å²) in [6.07, 6.45) is -2.74. The molecule has 1 heterocycles. The van der Waals surface area contributed by atoms with Gasteiger partial charge in [0.1, 0.15) is 17.5 Å². The first-order valence-corrected chi connectivity index (χ1v) is 3.77. The third-order valence-corrected chi connectivity index (χ3v) is 1.71. The molecule has 1 rings (SSSR count). The second-order valence-corrected chi connectivity index (χ2v) is 2.58. The number of hydrogen-bond donors (Lipinski definition) is 2. The molecule has 74 valence electrons. The summed E-state index contributed by atoms with van der Waals surface area (Å²) in [7, 11) is 0. The first-order valence-electron chi connectivity index (χ1n) is 3.77. The molecule has 0 unspecified atom stereocenters. The first-order chi connectivity index (χ1) is 6.60. The van der Waals surface area contributed by atoms with Gasteiger partial charge in [-0.25, -0.2) is 13.8 Å². The molecule has 0 spiro atoms. The maximum Gasteiger partial charge on any atom is 0.280 e. The number of nitrogen functional groups attached to an aromatic ring is 1. The Labute approximate surface area is 79.1 Å². The molecule has 0 amide bonds. The number of halogens is 2. The van der Waals surface area contributed by atoms with Crippen molar-refractivity contribution in [1.82, 2.24) is 4.98 Å². The minimum atomic E-state index is -2.74. The van der Waals surface area contributed by atoms with Gasteiger partial charge in [0.05, 0.1) is 0 Å². The van der Waals surface area contributed by atoms with Crippen LogP contribution in [0.15, 0.2) is 6.07 Å². The van der Waals surface area contributed by atoms with E-state index in [9.17, 15) is 8.78 Å². The zero-order chi connectivity index (χ0) is 10.7. The molecule has 4 nitrogen and oxygen atoms in total. The Hall–Kier alpha value is -1.74. The number of nitrogens with two attached hydrogens (primary N) is 2. The van der Waals surface area contributed by atoms with E-state index in [1.807, 2.05) is 0 Å². The number of hydrogen-bond acceptors (Lipinski definition) is 4. The predicted molar refractivity (Wildman–Crippen MR) is 46.2 cm³/mol. The highest BCUT2D eigenvalue weighted by Gasteiger charge is 2.14. The number of pyridine rings is 1.